The summed E-state index contributed by atoms with van der Waals surface area (Å²) in [7, 11) is 1.73. The number of aromatic nitrogens is 4. The van der Waals surface area contributed by atoms with E-state index in [1.165, 1.54) is 4.57 Å². The third-order valence-electron chi connectivity index (χ3n) is 12.0. The Balaban J connectivity index is 0.000000785. The van der Waals surface area contributed by atoms with Crippen molar-refractivity contribution < 1.29 is 55.7 Å². The van der Waals surface area contributed by atoms with Crippen LogP contribution in [0.2, 0.25) is 0 Å². The number of phenolic OH excluding ortho intramolecular Hbond substituents is 1. The Bertz CT molecular complexity index is 2630. The summed E-state index contributed by atoms with van der Waals surface area (Å²) in [4.78, 5) is 63.8. The number of phenols is 1. The number of para-hydroxylation sites is 1. The van der Waals surface area contributed by atoms with Crippen LogP contribution in [0, 0.1) is 23.4 Å². The number of nitrogens with one attached hydrogen (secondary N) is 2. The van der Waals surface area contributed by atoms with E-state index in [0.29, 0.717) is 18.0 Å². The highest BCUT2D eigenvalue weighted by Gasteiger charge is 2.38. The van der Waals surface area contributed by atoms with E-state index in [-0.39, 0.29) is 36.5 Å². The van der Waals surface area contributed by atoms with Crippen molar-refractivity contribution in [3.8, 4) is 5.75 Å². The van der Waals surface area contributed by atoms with Crippen LogP contribution in [0.5, 0.6) is 5.75 Å². The highest BCUT2D eigenvalue weighted by molar-refractivity contribution is 6.00. The predicted octanol–water partition coefficient (Wildman–Crippen LogP) is 4.95. The highest BCUT2D eigenvalue weighted by Crippen LogP contribution is 2.34. The molecular formula is C42H44F6N8O7. The van der Waals surface area contributed by atoms with Gasteiger partial charge in [-0.25, -0.2) is 18.4 Å². The Hall–Kier alpha value is -6.38. The van der Waals surface area contributed by atoms with E-state index in [9.17, 15) is 50.6 Å². The second kappa shape index (κ2) is 18.1. The summed E-state index contributed by atoms with van der Waals surface area (Å²) in [6.07, 6.45) is 1.46. The first-order valence-corrected chi connectivity index (χ1v) is 20.3. The number of imide groups is 1. The lowest BCUT2D eigenvalue weighted by molar-refractivity contribution is -0.192. The summed E-state index contributed by atoms with van der Waals surface area (Å²) in [5, 5.41) is 27.3. The van der Waals surface area contributed by atoms with Crippen molar-refractivity contribution >= 4 is 51.3 Å². The largest absolute Gasteiger partial charge is 0.503 e. The number of alkyl halides is 3. The molecule has 5 aromatic rings. The first-order chi connectivity index (χ1) is 29.9. The van der Waals surface area contributed by atoms with E-state index in [2.05, 4.69) is 44.8 Å². The molecule has 3 amide bonds. The fourth-order valence-corrected chi connectivity index (χ4v) is 8.56. The summed E-state index contributed by atoms with van der Waals surface area (Å²) in [6, 6.07) is 12.1. The molecule has 0 bridgehead atoms. The number of anilines is 1. The minimum Gasteiger partial charge on any atom is -0.503 e. The van der Waals surface area contributed by atoms with Gasteiger partial charge in [-0.1, -0.05) is 12.1 Å². The number of aromatic hydroxyl groups is 1. The minimum absolute atomic E-state index is 0.120. The van der Waals surface area contributed by atoms with Crippen molar-refractivity contribution in [1.29, 1.82) is 0 Å². The number of hydrogen-bond acceptors (Lipinski definition) is 9. The van der Waals surface area contributed by atoms with Gasteiger partial charge in [0.05, 0.1) is 28.2 Å². The minimum atomic E-state index is -5.08. The van der Waals surface area contributed by atoms with Gasteiger partial charge in [0.1, 0.15) is 6.04 Å². The number of hydrogen-bond donors (Lipinski definition) is 4. The molecule has 4 heterocycles. The molecule has 63 heavy (non-hydrogen) atoms. The van der Waals surface area contributed by atoms with E-state index >= 15 is 0 Å². The van der Waals surface area contributed by atoms with Crippen molar-refractivity contribution in [3.63, 3.8) is 0 Å². The van der Waals surface area contributed by atoms with E-state index in [1.54, 1.807) is 11.6 Å². The molecule has 8 rings (SSSR count). The van der Waals surface area contributed by atoms with Gasteiger partial charge in [-0.05, 0) is 80.3 Å². The van der Waals surface area contributed by atoms with E-state index < -0.39 is 58.8 Å². The number of aryl methyl sites for hydroxylation is 1. The zero-order valence-corrected chi connectivity index (χ0v) is 33.9. The maximum atomic E-state index is 14.1. The zero-order chi connectivity index (χ0) is 45.3. The molecule has 0 spiro atoms. The lowest BCUT2D eigenvalue weighted by Gasteiger charge is -2.36. The second-order valence-corrected chi connectivity index (χ2v) is 16.0. The van der Waals surface area contributed by atoms with E-state index in [0.717, 1.165) is 92.5 Å². The summed E-state index contributed by atoms with van der Waals surface area (Å²) in [5.74, 6) is -10.5. The molecular weight excluding hydrogens is 842 g/mol. The second-order valence-electron chi connectivity index (χ2n) is 16.0. The van der Waals surface area contributed by atoms with Crippen molar-refractivity contribution in [2.45, 2.75) is 63.2 Å². The third-order valence-corrected chi connectivity index (χ3v) is 12.0. The number of nitrogens with zero attached hydrogens (tertiary/aromatic N) is 6. The molecule has 1 atom stereocenters. The van der Waals surface area contributed by atoms with Crippen LogP contribution in [0.1, 0.15) is 66.5 Å². The molecule has 0 radical (unpaired) electrons. The monoisotopic (exact) mass is 886 g/mol. The number of amides is 3. The molecule has 336 valence electrons. The first-order valence-electron chi connectivity index (χ1n) is 20.3. The SMILES string of the molecule is Cn1c(=O)n([C@@H]2CCC(=O)NC2=O)c2cccc(CCN3CCN(c4ccc5cn(C6CCC(CNC(=O)c7cc(F)c(O)c(F)c7F)CC6)nc5c4)CC3)c21.O=C(O)C(F)(F)F. The number of piperidine rings is 1. The highest BCUT2D eigenvalue weighted by atomic mass is 19.4. The molecule has 3 aliphatic rings. The lowest BCUT2D eigenvalue weighted by Crippen LogP contribution is -2.47. The van der Waals surface area contributed by atoms with Crippen molar-refractivity contribution in [2.75, 3.05) is 44.2 Å². The fourth-order valence-electron chi connectivity index (χ4n) is 8.56. The number of aliphatic carboxylic acids is 1. The van der Waals surface area contributed by atoms with Gasteiger partial charge in [0.15, 0.2) is 17.4 Å². The molecule has 3 fully saturated rings. The molecule has 2 saturated heterocycles. The van der Waals surface area contributed by atoms with Gasteiger partial charge in [-0.2, -0.15) is 22.7 Å². The number of halogens is 6. The number of carbonyl (C=O) groups is 4. The maximum absolute atomic E-state index is 14.1. The topological polar surface area (TPSA) is 184 Å². The van der Waals surface area contributed by atoms with Crippen LogP contribution in [0.15, 0.2) is 53.5 Å². The van der Waals surface area contributed by atoms with E-state index in [1.807, 2.05) is 22.9 Å². The number of benzene rings is 3. The Morgan fingerprint density at radius 3 is 2.30 bits per heavy atom. The third kappa shape index (κ3) is 9.52. The van der Waals surface area contributed by atoms with Crippen LogP contribution in [0.25, 0.3) is 21.9 Å². The van der Waals surface area contributed by atoms with Gasteiger partial charge in [0.2, 0.25) is 17.6 Å². The zero-order valence-electron chi connectivity index (χ0n) is 33.9. The van der Waals surface area contributed by atoms with Crippen LogP contribution in [-0.4, -0.2) is 103 Å². The molecule has 1 aliphatic carbocycles. The van der Waals surface area contributed by atoms with Crippen LogP contribution >= 0.6 is 0 Å². The number of imidazole rings is 1. The van der Waals surface area contributed by atoms with Crippen LogP contribution < -0.4 is 21.2 Å². The van der Waals surface area contributed by atoms with Gasteiger partial charge in [0.25, 0.3) is 5.91 Å². The van der Waals surface area contributed by atoms with Gasteiger partial charge >= 0.3 is 17.8 Å². The maximum Gasteiger partial charge on any atom is 0.490 e. The Morgan fingerprint density at radius 1 is 0.937 bits per heavy atom. The molecule has 21 heteroatoms. The molecule has 1 saturated carbocycles. The number of rotatable bonds is 9. The molecule has 2 aromatic heterocycles. The van der Waals surface area contributed by atoms with Crippen molar-refractivity contribution in [2.24, 2.45) is 13.0 Å². The van der Waals surface area contributed by atoms with Crippen molar-refractivity contribution in [1.82, 2.24) is 34.4 Å². The molecule has 15 nitrogen and oxygen atoms in total. The van der Waals surface area contributed by atoms with Crippen LogP contribution in [0.4, 0.5) is 32.0 Å². The number of carboxylic acids is 1. The summed E-state index contributed by atoms with van der Waals surface area (Å²) >= 11 is 0. The normalized spacial score (nSPS) is 19.8. The molecule has 0 unspecified atom stereocenters. The lowest BCUT2D eigenvalue weighted by atomic mass is 9.86. The quantitative estimate of drug-likeness (QED) is 0.0898. The van der Waals surface area contributed by atoms with Gasteiger partial charge in [-0.3, -0.25) is 38.4 Å². The van der Waals surface area contributed by atoms with Crippen molar-refractivity contribution in [3.05, 3.63) is 87.7 Å². The number of carbonyl (C=O) groups excluding carboxylic acids is 3. The predicted molar refractivity (Wildman–Crippen MR) is 216 cm³/mol. The fraction of sp³-hybridized carbons (Fsp3) is 0.429. The smallest absolute Gasteiger partial charge is 0.490 e. The first kappa shape index (κ1) is 44.7. The number of carboxylic acid groups (broad SMARTS) is 1. The van der Waals surface area contributed by atoms with Gasteiger partial charge < -0.3 is 20.4 Å². The van der Waals surface area contributed by atoms with Gasteiger partial charge in [-0.15, -0.1) is 0 Å². The summed E-state index contributed by atoms with van der Waals surface area (Å²) in [6.45, 7) is 4.51. The molecule has 4 N–H and O–H groups in total. The molecule has 2 aliphatic heterocycles. The summed E-state index contributed by atoms with van der Waals surface area (Å²) < 4.78 is 78.5. The van der Waals surface area contributed by atoms with E-state index in [4.69, 9.17) is 15.0 Å². The Morgan fingerprint density at radius 2 is 1.63 bits per heavy atom. The Kier molecular flexibility index (Phi) is 12.9. The van der Waals surface area contributed by atoms with Crippen LogP contribution in [-0.2, 0) is 27.9 Å². The number of fused-ring (bicyclic) bond motifs is 2. The number of piperazine rings is 1. The standard InChI is InChI=1S/C40H43F3N8O5.C2HF3O2/c1-47-36-24(3-2-4-31(36)51(40(47)56)32-11-12-33(52)45-39(32)55)13-14-48-15-17-49(18-16-48)27-10-7-25-22-50(46-30(25)19-27)26-8-5-23(6-9-26)21-44-38(54)28-20-29(41)37(53)35(43)34(28)42;3-2(4,5)1(6)7/h2-4,7,10,19-20,22-23,26,32,53H,5-6,8-9,11-18,21H2,1H3,(H,44,54)(H,45,52,55);(H,6,7)/t23?,26?,32-;/m1./s1. The average Bonchev–Trinajstić information content (AvgIpc) is 3.80. The average molecular weight is 887 g/mol. The summed E-state index contributed by atoms with van der Waals surface area (Å²) in [5.41, 5.74) is 3.53. The van der Waals surface area contributed by atoms with Gasteiger partial charge in [0, 0.05) is 70.0 Å². The molecule has 3 aromatic carbocycles. The van der Waals surface area contributed by atoms with Crippen LogP contribution in [0.3, 0.4) is 0 Å². The Labute approximate surface area is 354 Å².